The van der Waals surface area contributed by atoms with Gasteiger partial charge in [-0.2, -0.15) is 0 Å². The van der Waals surface area contributed by atoms with Crippen molar-refractivity contribution in [3.05, 3.63) is 154 Å². The Hall–Kier alpha value is -7.57. The van der Waals surface area contributed by atoms with Crippen molar-refractivity contribution in [3.8, 4) is 0 Å². The lowest BCUT2D eigenvalue weighted by Crippen LogP contribution is -2.37. The number of halogens is 1. The number of nitrogens with zero attached hydrogens (tertiary/aromatic N) is 3. The number of carbonyl (C=O) groups excluding carboxylic acids is 3. The number of anilines is 6. The highest BCUT2D eigenvalue weighted by Gasteiger charge is 2.36. The number of benzene rings is 6. The van der Waals surface area contributed by atoms with Gasteiger partial charge in [0.2, 0.25) is 0 Å². The molecule has 109 heavy (non-hydrogen) atoms. The number of sulfonamides is 3. The Bertz CT molecular complexity index is 4310. The molecular formula is C81H106ClN9O15S3. The molecule has 28 heteroatoms. The first-order chi connectivity index (χ1) is 51.1. The predicted octanol–water partition coefficient (Wildman–Crippen LogP) is 11.6. The molecule has 15 rings (SSSR count). The standard InChI is InChI=1S/2C27H35N3O5S.C26H32ClN3O5S.CH4/c2*1-17-21-6-4-8-23(21)25(24-9-5-7-22(17)24)28-26(31)29-36(33,34)20-15-18(27(2,3)32)14-19(16-20)30-10-12-35-13-11-30;1-26(2,32)16-13-17(30-9-11-35-12-10-30)15-18(14-16)36(33,34)29-25(31)28-24-21-7-3-5-19(21)23(27)20-6-4-8-22(20)24;/h2*14-16,32H,4-13H2,1-3H3,(H2,28,29,31);13-15,32H,3-12H2,1-2H3,(H2,28,29,31);1H4. The molecule has 24 nitrogen and oxygen atoms in total. The number of morpholine rings is 3. The van der Waals surface area contributed by atoms with Crippen molar-refractivity contribution in [3.63, 3.8) is 0 Å². The van der Waals surface area contributed by atoms with Crippen LogP contribution in [-0.4, -0.2) is 138 Å². The fourth-order valence-electron chi connectivity index (χ4n) is 17.1. The van der Waals surface area contributed by atoms with E-state index in [-0.39, 0.29) is 22.1 Å². The molecule has 6 amide bonds. The van der Waals surface area contributed by atoms with Gasteiger partial charge in [-0.3, -0.25) is 0 Å². The van der Waals surface area contributed by atoms with Gasteiger partial charge in [-0.05, 0) is 320 Å². The van der Waals surface area contributed by atoms with Crippen molar-refractivity contribution in [2.24, 2.45) is 0 Å². The van der Waals surface area contributed by atoms with Crippen molar-refractivity contribution in [1.82, 2.24) is 14.2 Å². The second-order valence-corrected chi connectivity index (χ2v) is 36.8. The van der Waals surface area contributed by atoms with Gasteiger partial charge in [-0.15, -0.1) is 0 Å². The third-order valence-corrected chi connectivity index (χ3v) is 27.1. The molecule has 9 N–H and O–H groups in total. The van der Waals surface area contributed by atoms with Crippen molar-refractivity contribution in [1.29, 1.82) is 0 Å². The molecule has 3 fully saturated rings. The summed E-state index contributed by atoms with van der Waals surface area (Å²) in [5.41, 5.74) is 18.6. The molecule has 3 aliphatic heterocycles. The van der Waals surface area contributed by atoms with Crippen LogP contribution in [0.25, 0.3) is 0 Å². The molecule has 0 spiro atoms. The van der Waals surface area contributed by atoms with Gasteiger partial charge in [-0.1, -0.05) is 19.0 Å². The Morgan fingerprint density at radius 1 is 0.358 bits per heavy atom. The van der Waals surface area contributed by atoms with Gasteiger partial charge in [0.25, 0.3) is 30.1 Å². The summed E-state index contributed by atoms with van der Waals surface area (Å²) in [6.07, 6.45) is 17.0. The Kier molecular flexibility index (Phi) is 24.0. The summed E-state index contributed by atoms with van der Waals surface area (Å²) in [5.74, 6) is 0. The van der Waals surface area contributed by atoms with E-state index in [0.717, 1.165) is 176 Å². The number of rotatable bonds is 15. The van der Waals surface area contributed by atoms with Gasteiger partial charge in [-0.25, -0.2) is 53.8 Å². The van der Waals surface area contributed by atoms with Crippen LogP contribution >= 0.6 is 11.6 Å². The minimum Gasteiger partial charge on any atom is -0.386 e. The second-order valence-electron chi connectivity index (χ2n) is 31.4. The van der Waals surface area contributed by atoms with E-state index in [1.54, 1.807) is 71.9 Å². The lowest BCUT2D eigenvalue weighted by atomic mass is 9.93. The molecular weight excluding hydrogens is 1470 g/mol. The number of aliphatic hydroxyl groups is 3. The zero-order valence-electron chi connectivity index (χ0n) is 63.1. The Morgan fingerprint density at radius 2 is 0.569 bits per heavy atom. The second kappa shape index (κ2) is 32.3. The molecule has 6 aromatic carbocycles. The van der Waals surface area contributed by atoms with Crippen LogP contribution in [0.2, 0.25) is 5.02 Å². The number of ether oxygens (including phenoxy) is 3. The highest BCUT2D eigenvalue weighted by Crippen LogP contribution is 2.46. The molecule has 9 aliphatic rings. The monoisotopic (exact) mass is 1580 g/mol. The van der Waals surface area contributed by atoms with Crippen molar-refractivity contribution in [2.45, 2.75) is 210 Å². The number of fused-ring (bicyclic) bond motifs is 6. The number of urea groups is 3. The topological polar surface area (TPSA) is 324 Å². The third kappa shape index (κ3) is 17.6. The van der Waals surface area contributed by atoms with Crippen LogP contribution in [-0.2, 0) is 138 Å². The normalized spacial score (nSPS) is 17.4. The van der Waals surface area contributed by atoms with Gasteiger partial charge in [0.1, 0.15) is 0 Å². The zero-order chi connectivity index (χ0) is 77.0. The molecule has 6 aromatic rings. The summed E-state index contributed by atoms with van der Waals surface area (Å²) in [4.78, 5) is 45.1. The van der Waals surface area contributed by atoms with Crippen molar-refractivity contribution >= 4 is 93.9 Å². The maximum Gasteiger partial charge on any atom is 0.333 e. The first kappa shape index (κ1) is 80.9. The van der Waals surface area contributed by atoms with Crippen LogP contribution in [0.15, 0.2) is 69.3 Å². The van der Waals surface area contributed by atoms with Gasteiger partial charge in [0.15, 0.2) is 0 Å². The molecule has 3 saturated heterocycles. The van der Waals surface area contributed by atoms with E-state index in [2.05, 4.69) is 44.0 Å². The summed E-state index contributed by atoms with van der Waals surface area (Å²) in [5, 5.41) is 41.4. The fourth-order valence-corrected chi connectivity index (χ4v) is 20.4. The zero-order valence-corrected chi connectivity index (χ0v) is 66.3. The molecule has 590 valence electrons. The molecule has 0 aromatic heterocycles. The van der Waals surface area contributed by atoms with E-state index in [1.807, 2.05) is 14.7 Å². The highest BCUT2D eigenvalue weighted by molar-refractivity contribution is 7.90. The maximum atomic E-state index is 13.4. The molecule has 3 heterocycles. The van der Waals surface area contributed by atoms with Crippen LogP contribution in [0.1, 0.15) is 182 Å². The van der Waals surface area contributed by atoms with Gasteiger partial charge >= 0.3 is 18.1 Å². The Morgan fingerprint density at radius 3 is 0.798 bits per heavy atom. The van der Waals surface area contributed by atoms with Crippen molar-refractivity contribution < 1.29 is 69.2 Å². The summed E-state index contributed by atoms with van der Waals surface area (Å²) in [7, 11) is -12.6. The minimum absolute atomic E-state index is 0. The average Bonchev–Trinajstić information content (AvgIpc) is 1.64. The van der Waals surface area contributed by atoms with Crippen LogP contribution in [0.3, 0.4) is 0 Å². The highest BCUT2D eigenvalue weighted by atomic mass is 35.5. The number of amides is 6. The van der Waals surface area contributed by atoms with E-state index in [4.69, 9.17) is 25.8 Å². The third-order valence-electron chi connectivity index (χ3n) is 22.7. The molecule has 0 bridgehead atoms. The molecule has 0 atom stereocenters. The quantitative estimate of drug-likeness (QED) is 0.0461. The van der Waals surface area contributed by atoms with Crippen LogP contribution in [0.5, 0.6) is 0 Å². The number of hydrogen-bond donors (Lipinski definition) is 9. The molecule has 6 aliphatic carbocycles. The predicted molar refractivity (Wildman–Crippen MR) is 425 cm³/mol. The first-order valence-corrected chi connectivity index (χ1v) is 42.8. The van der Waals surface area contributed by atoms with Gasteiger partial charge < -0.3 is 60.2 Å². The summed E-state index contributed by atoms with van der Waals surface area (Å²) >= 11 is 6.67. The number of nitrogens with one attached hydrogen (secondary N) is 6. The smallest absolute Gasteiger partial charge is 0.333 e. The van der Waals surface area contributed by atoms with E-state index in [9.17, 15) is 55.0 Å². The number of carbonyl (C=O) groups is 3. The van der Waals surface area contributed by atoms with Crippen LogP contribution in [0, 0.1) is 13.8 Å². The van der Waals surface area contributed by atoms with Crippen molar-refractivity contribution in [2.75, 3.05) is 110 Å². The SMILES string of the molecule is C.CC(C)(O)c1cc(N2CCOCC2)cc(S(=O)(=O)NC(=O)Nc2c3c(c(Cl)c4c2CCC4)CCC3)c1.Cc1c2c(c(NC(=O)NS(=O)(=O)c3cc(N4CCOCC4)cc(C(C)(C)O)c3)c3c1CCC3)CCC2.Cc1c2c(c(NC(=O)NS(=O)(=O)c3cc(N4CCOCC4)cc(C(C)(C)O)c3)c3c1CCC3)CCC2. The summed E-state index contributed by atoms with van der Waals surface area (Å²) < 4.78 is 103. The average molecular weight is 1580 g/mol. The number of hydrogen-bond acceptors (Lipinski definition) is 18. The van der Waals surface area contributed by atoms with E-state index in [1.165, 1.54) is 57.6 Å². The first-order valence-electron chi connectivity index (χ1n) is 37.9. The maximum absolute atomic E-state index is 13.4. The molecule has 0 saturated carbocycles. The fraction of sp³-hybridized carbons (Fsp3) is 0.519. The molecule has 0 unspecified atom stereocenters. The summed E-state index contributed by atoms with van der Waals surface area (Å²) in [6.45, 7) is 20.9. The lowest BCUT2D eigenvalue weighted by molar-refractivity contribution is 0.0777. The van der Waals surface area contributed by atoms with Gasteiger partial charge in [0.05, 0.1) is 71.1 Å². The Labute approximate surface area is 646 Å². The largest absolute Gasteiger partial charge is 0.386 e. The summed E-state index contributed by atoms with van der Waals surface area (Å²) in [6, 6.07) is 12.0. The lowest BCUT2D eigenvalue weighted by Gasteiger charge is -2.30. The van der Waals surface area contributed by atoms with E-state index < -0.39 is 65.0 Å². The molecule has 0 radical (unpaired) electrons. The Balaban J connectivity index is 0.000000152. The van der Waals surface area contributed by atoms with Crippen LogP contribution < -0.4 is 44.8 Å². The van der Waals surface area contributed by atoms with Crippen LogP contribution in [0.4, 0.5) is 48.5 Å². The van der Waals surface area contributed by atoms with E-state index >= 15 is 0 Å². The van der Waals surface area contributed by atoms with E-state index in [0.29, 0.717) is 118 Å². The minimum atomic E-state index is -4.22. The van der Waals surface area contributed by atoms with Gasteiger partial charge in [0, 0.05) is 78.4 Å².